The number of halogens is 1. The summed E-state index contributed by atoms with van der Waals surface area (Å²) >= 11 is 0. The van der Waals surface area contributed by atoms with Crippen LogP contribution in [0.15, 0.2) is 30.5 Å². The maximum absolute atomic E-state index is 14.4. The van der Waals surface area contributed by atoms with Gasteiger partial charge in [0.2, 0.25) is 0 Å². The van der Waals surface area contributed by atoms with Crippen LogP contribution >= 0.6 is 0 Å². The smallest absolute Gasteiger partial charge is 0.172 e. The van der Waals surface area contributed by atoms with E-state index in [4.69, 9.17) is 20.0 Å². The van der Waals surface area contributed by atoms with Crippen molar-refractivity contribution in [2.75, 3.05) is 30.4 Å². The lowest BCUT2D eigenvalue weighted by Gasteiger charge is -2.34. The van der Waals surface area contributed by atoms with E-state index < -0.39 is 0 Å². The van der Waals surface area contributed by atoms with E-state index in [9.17, 15) is 4.39 Å². The van der Waals surface area contributed by atoms with Crippen molar-refractivity contribution in [3.05, 3.63) is 47.5 Å². The Bertz CT molecular complexity index is 1150. The van der Waals surface area contributed by atoms with Gasteiger partial charge in [0, 0.05) is 31.3 Å². The molecule has 1 aliphatic rings. The summed E-state index contributed by atoms with van der Waals surface area (Å²) in [4.78, 5) is 15.9. The first-order valence-electron chi connectivity index (χ1n) is 10.9. The van der Waals surface area contributed by atoms with E-state index in [1.165, 1.54) is 6.07 Å². The van der Waals surface area contributed by atoms with Crippen LogP contribution in [0.1, 0.15) is 37.9 Å². The largest absolute Gasteiger partial charge is 0.497 e. The summed E-state index contributed by atoms with van der Waals surface area (Å²) in [6, 6.07) is 8.98. The van der Waals surface area contributed by atoms with Crippen molar-refractivity contribution in [3.63, 3.8) is 0 Å². The van der Waals surface area contributed by atoms with Gasteiger partial charge in [-0.15, -0.1) is 0 Å². The standard InChI is InChI=1S/C24H27FN6O/c1-15(2)28-23-24(30-22-14-27-18(13-26)11-21(22)29-23)31-8-6-16(7-9-31)10-17-4-5-19(32-3)12-20(17)25/h4-5,11-12,14-16H,6-10H2,1-3H3,(H,28,29). The van der Waals surface area contributed by atoms with Gasteiger partial charge in [-0.05, 0) is 50.7 Å². The highest BCUT2D eigenvalue weighted by Crippen LogP contribution is 2.31. The third-order valence-electron chi connectivity index (χ3n) is 5.76. The van der Waals surface area contributed by atoms with Gasteiger partial charge >= 0.3 is 0 Å². The molecule has 0 atom stereocenters. The van der Waals surface area contributed by atoms with Gasteiger partial charge < -0.3 is 15.0 Å². The molecule has 1 aliphatic heterocycles. The molecule has 1 saturated heterocycles. The SMILES string of the molecule is COc1ccc(CC2CCN(c3nc4cnc(C#N)cc4nc3NC(C)C)CC2)c(F)c1. The van der Waals surface area contributed by atoms with Crippen LogP contribution in [0.3, 0.4) is 0 Å². The number of nitrogens with zero attached hydrogens (tertiary/aromatic N) is 5. The number of hydrogen-bond donors (Lipinski definition) is 1. The van der Waals surface area contributed by atoms with Crippen LogP contribution < -0.4 is 15.0 Å². The average molecular weight is 435 g/mol. The van der Waals surface area contributed by atoms with Gasteiger partial charge in [-0.2, -0.15) is 5.26 Å². The Morgan fingerprint density at radius 1 is 1.22 bits per heavy atom. The number of ether oxygens (including phenoxy) is 1. The average Bonchev–Trinajstić information content (AvgIpc) is 2.79. The van der Waals surface area contributed by atoms with Crippen molar-refractivity contribution in [1.82, 2.24) is 15.0 Å². The third kappa shape index (κ3) is 4.72. The minimum Gasteiger partial charge on any atom is -0.497 e. The van der Waals surface area contributed by atoms with Gasteiger partial charge in [0.15, 0.2) is 11.6 Å². The molecule has 166 valence electrons. The molecule has 3 heterocycles. The van der Waals surface area contributed by atoms with Crippen molar-refractivity contribution in [3.8, 4) is 11.8 Å². The predicted molar refractivity (Wildman–Crippen MR) is 122 cm³/mol. The summed E-state index contributed by atoms with van der Waals surface area (Å²) in [6.07, 6.45) is 4.20. The van der Waals surface area contributed by atoms with E-state index in [1.807, 2.05) is 18.2 Å². The topological polar surface area (TPSA) is 87.0 Å². The molecule has 0 saturated carbocycles. The first kappa shape index (κ1) is 21.8. The second-order valence-electron chi connectivity index (χ2n) is 8.46. The molecule has 1 fully saturated rings. The fraction of sp³-hybridized carbons (Fsp3) is 0.417. The second-order valence-corrected chi connectivity index (χ2v) is 8.46. The summed E-state index contributed by atoms with van der Waals surface area (Å²) in [6.45, 7) is 5.75. The Balaban J connectivity index is 1.52. The van der Waals surface area contributed by atoms with Gasteiger partial charge in [0.1, 0.15) is 28.8 Å². The summed E-state index contributed by atoms with van der Waals surface area (Å²) in [5, 5.41) is 12.5. The maximum Gasteiger partial charge on any atom is 0.172 e. The van der Waals surface area contributed by atoms with Crippen LogP contribution in [-0.2, 0) is 6.42 Å². The number of piperidine rings is 1. The van der Waals surface area contributed by atoms with Crippen molar-refractivity contribution in [1.29, 1.82) is 5.26 Å². The van der Waals surface area contributed by atoms with E-state index in [-0.39, 0.29) is 11.9 Å². The fourth-order valence-electron chi connectivity index (χ4n) is 4.08. The first-order valence-corrected chi connectivity index (χ1v) is 10.9. The zero-order valence-electron chi connectivity index (χ0n) is 18.6. The monoisotopic (exact) mass is 434 g/mol. The summed E-state index contributed by atoms with van der Waals surface area (Å²) in [7, 11) is 1.54. The zero-order chi connectivity index (χ0) is 22.7. The number of benzene rings is 1. The van der Waals surface area contributed by atoms with E-state index >= 15 is 0 Å². The van der Waals surface area contributed by atoms with Crippen LogP contribution in [0.2, 0.25) is 0 Å². The number of anilines is 2. The molecule has 1 N–H and O–H groups in total. The van der Waals surface area contributed by atoms with Gasteiger partial charge in [0.05, 0.1) is 18.8 Å². The molecule has 0 unspecified atom stereocenters. The van der Waals surface area contributed by atoms with Crippen LogP contribution in [0.5, 0.6) is 5.75 Å². The lowest BCUT2D eigenvalue weighted by atomic mass is 9.90. The summed E-state index contributed by atoms with van der Waals surface area (Å²) in [5.74, 6) is 2.25. The van der Waals surface area contributed by atoms with Gasteiger partial charge in [-0.1, -0.05) is 6.07 Å². The van der Waals surface area contributed by atoms with Crippen molar-refractivity contribution >= 4 is 22.7 Å². The van der Waals surface area contributed by atoms with Gasteiger partial charge in [-0.3, -0.25) is 0 Å². The highest BCUT2D eigenvalue weighted by atomic mass is 19.1. The van der Waals surface area contributed by atoms with Gasteiger partial charge in [0.25, 0.3) is 0 Å². The molecule has 3 aromatic rings. The second kappa shape index (κ2) is 9.35. The molecular formula is C24H27FN6O. The molecule has 2 aromatic heterocycles. The maximum atomic E-state index is 14.4. The lowest BCUT2D eigenvalue weighted by Crippen LogP contribution is -2.36. The number of aromatic nitrogens is 3. The number of nitriles is 1. The van der Waals surface area contributed by atoms with Crippen molar-refractivity contribution in [2.45, 2.75) is 39.2 Å². The third-order valence-corrected chi connectivity index (χ3v) is 5.76. The van der Waals surface area contributed by atoms with E-state index in [2.05, 4.69) is 29.0 Å². The Kier molecular flexibility index (Phi) is 6.35. The minimum atomic E-state index is -0.208. The predicted octanol–water partition coefficient (Wildman–Crippen LogP) is 4.32. The molecule has 0 spiro atoms. The minimum absolute atomic E-state index is 0.188. The number of fused-ring (bicyclic) bond motifs is 1. The Morgan fingerprint density at radius 3 is 2.66 bits per heavy atom. The molecule has 7 nitrogen and oxygen atoms in total. The Morgan fingerprint density at radius 2 is 2.00 bits per heavy atom. The molecule has 1 aromatic carbocycles. The van der Waals surface area contributed by atoms with Crippen LogP contribution in [0.4, 0.5) is 16.0 Å². The molecule has 0 bridgehead atoms. The molecule has 0 radical (unpaired) electrons. The highest BCUT2D eigenvalue weighted by Gasteiger charge is 2.24. The quantitative estimate of drug-likeness (QED) is 0.618. The lowest BCUT2D eigenvalue weighted by molar-refractivity contribution is 0.392. The fourth-order valence-corrected chi connectivity index (χ4v) is 4.08. The summed E-state index contributed by atoms with van der Waals surface area (Å²) < 4.78 is 19.5. The van der Waals surface area contributed by atoms with Crippen molar-refractivity contribution < 1.29 is 9.13 Å². The van der Waals surface area contributed by atoms with Crippen LogP contribution in [0, 0.1) is 23.1 Å². The van der Waals surface area contributed by atoms with E-state index in [0.29, 0.717) is 40.6 Å². The number of nitrogens with one attached hydrogen (secondary N) is 1. The van der Waals surface area contributed by atoms with Crippen LogP contribution in [0.25, 0.3) is 11.0 Å². The molecule has 32 heavy (non-hydrogen) atoms. The normalized spacial score (nSPS) is 14.6. The molecule has 8 heteroatoms. The molecular weight excluding hydrogens is 407 g/mol. The van der Waals surface area contributed by atoms with E-state index in [0.717, 1.165) is 37.3 Å². The van der Waals surface area contributed by atoms with Gasteiger partial charge in [-0.25, -0.2) is 19.3 Å². The summed E-state index contributed by atoms with van der Waals surface area (Å²) in [5.41, 5.74) is 2.36. The number of rotatable bonds is 6. The zero-order valence-corrected chi connectivity index (χ0v) is 18.6. The number of hydrogen-bond acceptors (Lipinski definition) is 7. The van der Waals surface area contributed by atoms with E-state index in [1.54, 1.807) is 19.4 Å². The molecule has 0 aliphatic carbocycles. The molecule has 0 amide bonds. The molecule has 4 rings (SSSR count). The number of methoxy groups -OCH3 is 1. The van der Waals surface area contributed by atoms with Crippen molar-refractivity contribution in [2.24, 2.45) is 5.92 Å². The Labute approximate surface area is 187 Å². The highest BCUT2D eigenvalue weighted by molar-refractivity contribution is 5.80. The Hall–Kier alpha value is -3.47. The van der Waals surface area contributed by atoms with Crippen LogP contribution in [-0.4, -0.2) is 41.2 Å². The number of pyridine rings is 1. The first-order chi connectivity index (χ1) is 15.5.